The Kier molecular flexibility index (Phi) is 9.24. The number of ether oxygens (including phenoxy) is 1. The second-order valence-electron chi connectivity index (χ2n) is 8.10. The van der Waals surface area contributed by atoms with Crippen molar-refractivity contribution in [3.63, 3.8) is 0 Å². The fourth-order valence-electron chi connectivity index (χ4n) is 4.00. The molecule has 2 aromatic rings. The standard InChI is InChI=1S/C23H28FN5O3.HI/c24-21-3-1-2-4-22(21)27-10-12-28(13-11-27)23(26-16-19-9-14-32-17-19)25-15-18-5-7-20(8-6-18)29(30)31;/h1-8,19H,9-17H2,(H,25,26);1H. The smallest absolute Gasteiger partial charge is 0.269 e. The highest BCUT2D eigenvalue weighted by atomic mass is 127. The molecule has 10 heteroatoms. The highest BCUT2D eigenvalue weighted by Crippen LogP contribution is 2.20. The normalized spacial score (nSPS) is 18.7. The summed E-state index contributed by atoms with van der Waals surface area (Å²) >= 11 is 0. The molecule has 1 atom stereocenters. The molecule has 0 aromatic heterocycles. The van der Waals surface area contributed by atoms with Gasteiger partial charge >= 0.3 is 0 Å². The topological polar surface area (TPSA) is 83.2 Å². The molecule has 0 radical (unpaired) electrons. The highest BCUT2D eigenvalue weighted by Gasteiger charge is 2.23. The number of rotatable bonds is 6. The van der Waals surface area contributed by atoms with Crippen LogP contribution in [0, 0.1) is 21.8 Å². The van der Waals surface area contributed by atoms with Crippen molar-refractivity contribution >= 4 is 41.3 Å². The highest BCUT2D eigenvalue weighted by molar-refractivity contribution is 14.0. The van der Waals surface area contributed by atoms with Crippen LogP contribution >= 0.6 is 24.0 Å². The molecule has 2 heterocycles. The predicted molar refractivity (Wildman–Crippen MR) is 137 cm³/mol. The average molecular weight is 569 g/mol. The lowest BCUT2D eigenvalue weighted by molar-refractivity contribution is -0.384. The van der Waals surface area contributed by atoms with Gasteiger partial charge in [0, 0.05) is 57.4 Å². The zero-order chi connectivity index (χ0) is 22.3. The first kappa shape index (κ1) is 25.2. The molecule has 0 saturated carbocycles. The number of non-ortho nitro benzene ring substituents is 1. The molecule has 0 spiro atoms. The number of nitro benzene ring substituents is 1. The van der Waals surface area contributed by atoms with Gasteiger partial charge in [0.15, 0.2) is 5.96 Å². The van der Waals surface area contributed by atoms with E-state index in [0.717, 1.165) is 50.8 Å². The van der Waals surface area contributed by atoms with Gasteiger partial charge < -0.3 is 19.9 Å². The molecule has 2 aliphatic heterocycles. The third-order valence-corrected chi connectivity index (χ3v) is 5.90. The number of benzene rings is 2. The third-order valence-electron chi connectivity index (χ3n) is 5.90. The van der Waals surface area contributed by atoms with E-state index in [1.807, 2.05) is 12.1 Å². The van der Waals surface area contributed by atoms with Crippen LogP contribution in [0.4, 0.5) is 15.8 Å². The Bertz CT molecular complexity index is 945. The Morgan fingerprint density at radius 1 is 1.15 bits per heavy atom. The number of halogens is 2. The largest absolute Gasteiger partial charge is 0.381 e. The average Bonchev–Trinajstić information content (AvgIpc) is 3.34. The maximum absolute atomic E-state index is 14.2. The van der Waals surface area contributed by atoms with Crippen molar-refractivity contribution in [3.05, 3.63) is 70.0 Å². The van der Waals surface area contributed by atoms with E-state index in [0.29, 0.717) is 31.2 Å². The van der Waals surface area contributed by atoms with E-state index in [2.05, 4.69) is 15.1 Å². The Hall–Kier alpha value is -2.47. The van der Waals surface area contributed by atoms with Gasteiger partial charge in [-0.25, -0.2) is 9.38 Å². The van der Waals surface area contributed by atoms with Crippen molar-refractivity contribution in [1.29, 1.82) is 0 Å². The Morgan fingerprint density at radius 2 is 1.88 bits per heavy atom. The van der Waals surface area contributed by atoms with Crippen LogP contribution in [0.25, 0.3) is 0 Å². The Balaban J connectivity index is 0.00000306. The minimum absolute atomic E-state index is 0. The molecule has 2 fully saturated rings. The zero-order valence-electron chi connectivity index (χ0n) is 18.4. The SMILES string of the molecule is I.O=[N+]([O-])c1ccc(CN=C(NCC2CCOC2)N2CCN(c3ccccc3F)CC2)cc1. The van der Waals surface area contributed by atoms with E-state index < -0.39 is 4.92 Å². The van der Waals surface area contributed by atoms with Gasteiger partial charge in [-0.1, -0.05) is 24.3 Å². The van der Waals surface area contributed by atoms with Crippen molar-refractivity contribution in [2.45, 2.75) is 13.0 Å². The summed E-state index contributed by atoms with van der Waals surface area (Å²) in [5, 5.41) is 14.4. The summed E-state index contributed by atoms with van der Waals surface area (Å²) in [5.74, 6) is 1.06. The second-order valence-corrected chi connectivity index (χ2v) is 8.10. The minimum Gasteiger partial charge on any atom is -0.381 e. The Morgan fingerprint density at radius 3 is 2.52 bits per heavy atom. The van der Waals surface area contributed by atoms with Gasteiger partial charge in [-0.3, -0.25) is 10.1 Å². The number of guanidine groups is 1. The number of nitro groups is 1. The van der Waals surface area contributed by atoms with E-state index in [4.69, 9.17) is 9.73 Å². The van der Waals surface area contributed by atoms with Crippen LogP contribution in [0.2, 0.25) is 0 Å². The van der Waals surface area contributed by atoms with Crippen molar-refractivity contribution < 1.29 is 14.1 Å². The van der Waals surface area contributed by atoms with E-state index in [9.17, 15) is 14.5 Å². The number of anilines is 1. The van der Waals surface area contributed by atoms with Gasteiger partial charge in [-0.15, -0.1) is 24.0 Å². The number of nitrogens with one attached hydrogen (secondary N) is 1. The van der Waals surface area contributed by atoms with E-state index in [1.54, 1.807) is 18.2 Å². The number of nitrogens with zero attached hydrogens (tertiary/aromatic N) is 4. The fraction of sp³-hybridized carbons (Fsp3) is 0.435. The molecule has 4 rings (SSSR count). The first-order chi connectivity index (χ1) is 15.6. The van der Waals surface area contributed by atoms with E-state index in [1.165, 1.54) is 18.2 Å². The van der Waals surface area contributed by atoms with Crippen molar-refractivity contribution in [3.8, 4) is 0 Å². The molecule has 1 N–H and O–H groups in total. The quantitative estimate of drug-likeness (QED) is 0.188. The van der Waals surface area contributed by atoms with E-state index in [-0.39, 0.29) is 35.5 Å². The van der Waals surface area contributed by atoms with Crippen LogP contribution in [0.15, 0.2) is 53.5 Å². The molecule has 2 aliphatic rings. The zero-order valence-corrected chi connectivity index (χ0v) is 20.7. The fourth-order valence-corrected chi connectivity index (χ4v) is 4.00. The summed E-state index contributed by atoms with van der Waals surface area (Å²) in [6.07, 6.45) is 1.03. The first-order valence-electron chi connectivity index (χ1n) is 10.9. The van der Waals surface area contributed by atoms with Crippen molar-refractivity contribution in [2.24, 2.45) is 10.9 Å². The Labute approximate surface area is 210 Å². The van der Waals surface area contributed by atoms with Gasteiger partial charge in [0.05, 0.1) is 23.8 Å². The maximum atomic E-state index is 14.2. The molecule has 1 unspecified atom stereocenters. The molecule has 178 valence electrons. The van der Waals surface area contributed by atoms with Crippen LogP contribution in [-0.2, 0) is 11.3 Å². The minimum atomic E-state index is -0.404. The van der Waals surface area contributed by atoms with Gasteiger partial charge in [0.2, 0.25) is 0 Å². The molecule has 2 aromatic carbocycles. The number of piperazine rings is 1. The summed E-state index contributed by atoms with van der Waals surface area (Å²) in [6.45, 7) is 5.61. The summed E-state index contributed by atoms with van der Waals surface area (Å²) in [4.78, 5) is 19.5. The summed E-state index contributed by atoms with van der Waals surface area (Å²) in [6, 6.07) is 13.3. The molecule has 8 nitrogen and oxygen atoms in total. The van der Waals surface area contributed by atoms with Crippen molar-refractivity contribution in [1.82, 2.24) is 10.2 Å². The van der Waals surface area contributed by atoms with Gasteiger partial charge in [-0.2, -0.15) is 0 Å². The summed E-state index contributed by atoms with van der Waals surface area (Å²) < 4.78 is 19.6. The first-order valence-corrected chi connectivity index (χ1v) is 10.9. The molecule has 0 amide bonds. The van der Waals surface area contributed by atoms with E-state index >= 15 is 0 Å². The monoisotopic (exact) mass is 569 g/mol. The molecule has 33 heavy (non-hydrogen) atoms. The number of hydrogen-bond donors (Lipinski definition) is 1. The molecular formula is C23H29FIN5O3. The number of para-hydroxylation sites is 1. The second kappa shape index (κ2) is 12.1. The van der Waals surface area contributed by atoms with Crippen LogP contribution in [-0.4, -0.2) is 61.7 Å². The van der Waals surface area contributed by atoms with Gasteiger partial charge in [0.25, 0.3) is 5.69 Å². The molecule has 0 bridgehead atoms. The lowest BCUT2D eigenvalue weighted by Crippen LogP contribution is -2.53. The van der Waals surface area contributed by atoms with Crippen molar-refractivity contribution in [2.75, 3.05) is 50.8 Å². The lowest BCUT2D eigenvalue weighted by Gasteiger charge is -2.38. The predicted octanol–water partition coefficient (Wildman–Crippen LogP) is 3.66. The molecule has 0 aliphatic carbocycles. The van der Waals surface area contributed by atoms with Crippen LogP contribution in [0.3, 0.4) is 0 Å². The summed E-state index contributed by atoms with van der Waals surface area (Å²) in [5.41, 5.74) is 1.61. The van der Waals surface area contributed by atoms with Gasteiger partial charge in [0.1, 0.15) is 5.82 Å². The molecule has 2 saturated heterocycles. The lowest BCUT2D eigenvalue weighted by atomic mass is 10.1. The van der Waals surface area contributed by atoms with Gasteiger partial charge in [-0.05, 0) is 24.1 Å². The van der Waals surface area contributed by atoms with Crippen LogP contribution in [0.1, 0.15) is 12.0 Å². The summed E-state index contributed by atoms with van der Waals surface area (Å²) in [7, 11) is 0. The molecular weight excluding hydrogens is 540 g/mol. The third kappa shape index (κ3) is 6.76. The number of aliphatic imine (C=N–C) groups is 1. The maximum Gasteiger partial charge on any atom is 0.269 e. The van der Waals surface area contributed by atoms with Crippen LogP contribution in [0.5, 0.6) is 0 Å². The number of hydrogen-bond acceptors (Lipinski definition) is 5. The van der Waals surface area contributed by atoms with Crippen LogP contribution < -0.4 is 10.2 Å².